The van der Waals surface area contributed by atoms with Gasteiger partial charge < -0.3 is 19.7 Å². The minimum atomic E-state index is -0.378. The first-order valence-electron chi connectivity index (χ1n) is 9.85. The minimum Gasteiger partial charge on any atom is -0.504 e. The Kier molecular flexibility index (Phi) is 6.23. The molecular formula is C24H20N2O6S. The molecule has 168 valence electrons. The van der Waals surface area contributed by atoms with E-state index in [2.05, 4.69) is 4.98 Å². The first-order chi connectivity index (χ1) is 15.9. The quantitative estimate of drug-likeness (QED) is 0.184. The normalized spacial score (nSPS) is 10.8. The molecule has 0 aliphatic heterocycles. The molecule has 9 heteroatoms. The molecule has 4 rings (SSSR count). The zero-order chi connectivity index (χ0) is 23.5. The molecule has 8 nitrogen and oxygen atoms in total. The molecule has 3 aromatic carbocycles. The molecule has 0 saturated carbocycles. The number of carbonyl (C=O) groups excluding carboxylic acids is 1. The van der Waals surface area contributed by atoms with Gasteiger partial charge in [-0.15, -0.1) is 0 Å². The van der Waals surface area contributed by atoms with E-state index in [1.54, 1.807) is 42.5 Å². The largest absolute Gasteiger partial charge is 0.504 e. The summed E-state index contributed by atoms with van der Waals surface area (Å²) in [6.07, 6.45) is 0. The van der Waals surface area contributed by atoms with Crippen molar-refractivity contribution in [1.82, 2.24) is 9.55 Å². The first-order valence-corrected chi connectivity index (χ1v) is 10.8. The molecule has 0 aliphatic carbocycles. The van der Waals surface area contributed by atoms with Gasteiger partial charge in [0, 0.05) is 11.6 Å². The van der Waals surface area contributed by atoms with Gasteiger partial charge in [-0.25, -0.2) is 4.98 Å². The Labute approximate surface area is 193 Å². The second-order valence-electron chi connectivity index (χ2n) is 7.01. The van der Waals surface area contributed by atoms with Crippen LogP contribution in [0.3, 0.4) is 0 Å². The summed E-state index contributed by atoms with van der Waals surface area (Å²) in [6, 6.07) is 15.9. The number of benzene rings is 3. The summed E-state index contributed by atoms with van der Waals surface area (Å²) in [5.74, 6) is -0.0603. The van der Waals surface area contributed by atoms with Crippen LogP contribution in [0.2, 0.25) is 0 Å². The summed E-state index contributed by atoms with van der Waals surface area (Å²) in [7, 11) is 3.03. The summed E-state index contributed by atoms with van der Waals surface area (Å²) in [5.41, 5.74) is 0.966. The van der Waals surface area contributed by atoms with Crippen molar-refractivity contribution in [3.05, 3.63) is 76.6 Å². The van der Waals surface area contributed by atoms with Crippen LogP contribution >= 0.6 is 11.8 Å². The number of hydrogen-bond donors (Lipinski definition) is 2. The molecule has 0 unspecified atom stereocenters. The van der Waals surface area contributed by atoms with Crippen molar-refractivity contribution in [2.75, 3.05) is 20.0 Å². The molecule has 0 bridgehead atoms. The van der Waals surface area contributed by atoms with Crippen LogP contribution in [0, 0.1) is 0 Å². The average molecular weight is 464 g/mol. The van der Waals surface area contributed by atoms with E-state index < -0.39 is 0 Å². The molecule has 2 N–H and O–H groups in total. The van der Waals surface area contributed by atoms with Crippen LogP contribution in [0.4, 0.5) is 0 Å². The van der Waals surface area contributed by atoms with E-state index in [-0.39, 0.29) is 34.2 Å². The maximum Gasteiger partial charge on any atom is 0.266 e. The number of aromatic hydroxyl groups is 2. The molecule has 0 atom stereocenters. The highest BCUT2D eigenvalue weighted by molar-refractivity contribution is 7.99. The van der Waals surface area contributed by atoms with Crippen LogP contribution in [0.5, 0.6) is 23.0 Å². The van der Waals surface area contributed by atoms with Gasteiger partial charge in [-0.2, -0.15) is 0 Å². The van der Waals surface area contributed by atoms with Crippen LogP contribution in [0.1, 0.15) is 10.4 Å². The standard InChI is InChI=1S/C24H20N2O6S/c1-31-21-10-8-15(12-22(21)32-2)26-23(30)16-5-3-4-6-17(16)25-24(26)33-13-20(29)14-7-9-18(27)19(28)11-14/h3-12,27-28H,13H2,1-2H3. The lowest BCUT2D eigenvalue weighted by Gasteiger charge is -2.15. The van der Waals surface area contributed by atoms with Crippen LogP contribution < -0.4 is 15.0 Å². The highest BCUT2D eigenvalue weighted by Gasteiger charge is 2.17. The van der Waals surface area contributed by atoms with Crippen molar-refractivity contribution in [3.8, 4) is 28.7 Å². The molecule has 0 aliphatic rings. The third-order valence-corrected chi connectivity index (χ3v) is 5.94. The van der Waals surface area contributed by atoms with Gasteiger partial charge >= 0.3 is 0 Å². The second kappa shape index (κ2) is 9.25. The molecule has 33 heavy (non-hydrogen) atoms. The topological polar surface area (TPSA) is 111 Å². The van der Waals surface area contributed by atoms with Crippen LogP contribution in [-0.4, -0.2) is 45.5 Å². The Morgan fingerprint density at radius 1 is 0.970 bits per heavy atom. The lowest BCUT2D eigenvalue weighted by Crippen LogP contribution is -2.22. The summed E-state index contributed by atoms with van der Waals surface area (Å²) >= 11 is 1.09. The van der Waals surface area contributed by atoms with Crippen LogP contribution in [0.15, 0.2) is 70.6 Å². The predicted molar refractivity (Wildman–Crippen MR) is 125 cm³/mol. The molecular weight excluding hydrogens is 444 g/mol. The van der Waals surface area contributed by atoms with E-state index in [4.69, 9.17) is 9.47 Å². The Morgan fingerprint density at radius 3 is 2.45 bits per heavy atom. The van der Waals surface area contributed by atoms with Gasteiger partial charge in [0.2, 0.25) is 0 Å². The number of ketones is 1. The number of thioether (sulfide) groups is 1. The van der Waals surface area contributed by atoms with Gasteiger partial charge in [0.05, 0.1) is 36.6 Å². The smallest absolute Gasteiger partial charge is 0.266 e. The van der Waals surface area contributed by atoms with Crippen molar-refractivity contribution in [2.24, 2.45) is 0 Å². The lowest BCUT2D eigenvalue weighted by atomic mass is 10.1. The SMILES string of the molecule is COc1ccc(-n2c(SCC(=O)c3ccc(O)c(O)c3)nc3ccccc3c2=O)cc1OC. The van der Waals surface area contributed by atoms with E-state index in [0.29, 0.717) is 33.2 Å². The van der Waals surface area contributed by atoms with Crippen molar-refractivity contribution in [1.29, 1.82) is 0 Å². The van der Waals surface area contributed by atoms with Gasteiger partial charge in [0.25, 0.3) is 5.56 Å². The minimum absolute atomic E-state index is 0.0394. The summed E-state index contributed by atoms with van der Waals surface area (Å²) < 4.78 is 12.1. The van der Waals surface area contributed by atoms with Gasteiger partial charge in [0.15, 0.2) is 33.9 Å². The van der Waals surface area contributed by atoms with Gasteiger partial charge in [-0.3, -0.25) is 14.2 Å². The monoisotopic (exact) mass is 464 g/mol. The molecule has 0 radical (unpaired) electrons. The number of ether oxygens (including phenoxy) is 2. The number of carbonyl (C=O) groups is 1. The number of phenolic OH excluding ortho intramolecular Hbond substituents is 2. The van der Waals surface area contributed by atoms with E-state index in [1.165, 1.54) is 37.0 Å². The first kappa shape index (κ1) is 22.2. The molecule has 4 aromatic rings. The highest BCUT2D eigenvalue weighted by Crippen LogP contribution is 2.31. The predicted octanol–water partition coefficient (Wildman–Crippen LogP) is 3.79. The molecule has 0 spiro atoms. The number of Topliss-reactive ketones (excluding diaryl/α,β-unsaturated/α-hetero) is 1. The zero-order valence-electron chi connectivity index (χ0n) is 17.8. The number of rotatable bonds is 7. The Hall–Kier alpha value is -3.98. The molecule has 1 heterocycles. The van der Waals surface area contributed by atoms with Gasteiger partial charge in [-0.1, -0.05) is 23.9 Å². The van der Waals surface area contributed by atoms with Gasteiger partial charge in [0.1, 0.15) is 0 Å². The maximum absolute atomic E-state index is 13.4. The van der Waals surface area contributed by atoms with Crippen molar-refractivity contribution in [3.63, 3.8) is 0 Å². The molecule has 0 saturated heterocycles. The molecule has 0 fully saturated rings. The zero-order valence-corrected chi connectivity index (χ0v) is 18.6. The fourth-order valence-corrected chi connectivity index (χ4v) is 4.22. The number of phenols is 2. The van der Waals surface area contributed by atoms with Crippen LogP contribution in [-0.2, 0) is 0 Å². The Balaban J connectivity index is 1.78. The number of aromatic nitrogens is 2. The lowest BCUT2D eigenvalue weighted by molar-refractivity contribution is 0.102. The van der Waals surface area contributed by atoms with Crippen molar-refractivity contribution >= 4 is 28.4 Å². The summed E-state index contributed by atoms with van der Waals surface area (Å²) in [6.45, 7) is 0. The number of para-hydroxylation sites is 1. The average Bonchev–Trinajstić information content (AvgIpc) is 2.84. The number of methoxy groups -OCH3 is 2. The number of fused-ring (bicyclic) bond motifs is 1. The van der Waals surface area contributed by atoms with Crippen molar-refractivity contribution in [2.45, 2.75) is 5.16 Å². The highest BCUT2D eigenvalue weighted by atomic mass is 32.2. The van der Waals surface area contributed by atoms with Crippen molar-refractivity contribution < 1.29 is 24.5 Å². The van der Waals surface area contributed by atoms with Crippen LogP contribution in [0.25, 0.3) is 16.6 Å². The fraction of sp³-hybridized carbons (Fsp3) is 0.125. The van der Waals surface area contributed by atoms with E-state index >= 15 is 0 Å². The van der Waals surface area contributed by atoms with Gasteiger partial charge in [-0.05, 0) is 42.5 Å². The molecule has 0 amide bonds. The van der Waals surface area contributed by atoms with E-state index in [1.807, 2.05) is 0 Å². The van der Waals surface area contributed by atoms with E-state index in [9.17, 15) is 19.8 Å². The number of hydrogen-bond acceptors (Lipinski definition) is 8. The fourth-order valence-electron chi connectivity index (χ4n) is 3.31. The maximum atomic E-state index is 13.4. The number of nitrogens with zero attached hydrogens (tertiary/aromatic N) is 2. The Morgan fingerprint density at radius 2 is 1.73 bits per heavy atom. The third-order valence-electron chi connectivity index (χ3n) is 5.00. The second-order valence-corrected chi connectivity index (χ2v) is 7.95. The van der Waals surface area contributed by atoms with E-state index in [0.717, 1.165) is 11.8 Å². The Bertz CT molecular complexity index is 1420. The molecule has 1 aromatic heterocycles. The third kappa shape index (κ3) is 4.35. The summed E-state index contributed by atoms with van der Waals surface area (Å²) in [4.78, 5) is 30.7. The summed E-state index contributed by atoms with van der Waals surface area (Å²) in [5, 5.41) is 19.9.